The molecule has 3 aromatic carbocycles. The number of fused-ring (bicyclic) bond motifs is 1. The lowest BCUT2D eigenvalue weighted by Gasteiger charge is -2.05. The number of aromatic hydroxyl groups is 1. The van der Waals surface area contributed by atoms with Gasteiger partial charge in [0.1, 0.15) is 11.4 Å². The van der Waals surface area contributed by atoms with Crippen molar-refractivity contribution in [1.29, 1.82) is 0 Å². The summed E-state index contributed by atoms with van der Waals surface area (Å²) in [5, 5.41) is 16.4. The molecule has 0 spiro atoms. The molecule has 0 saturated carbocycles. The summed E-state index contributed by atoms with van der Waals surface area (Å²) in [6.45, 7) is 0. The summed E-state index contributed by atoms with van der Waals surface area (Å²) >= 11 is 0. The molecule has 0 bridgehead atoms. The topological polar surface area (TPSA) is 72.0 Å². The van der Waals surface area contributed by atoms with E-state index in [4.69, 9.17) is 4.52 Å². The van der Waals surface area contributed by atoms with Crippen molar-refractivity contribution in [3.05, 3.63) is 85.1 Å². The number of phenols is 1. The Morgan fingerprint density at radius 3 is 2.50 bits per heavy atom. The minimum absolute atomic E-state index is 0.0956. The van der Waals surface area contributed by atoms with Crippen LogP contribution in [0.5, 0.6) is 5.75 Å². The normalized spacial score (nSPS) is 11.0. The molecule has 5 rings (SSSR count). The molecule has 0 fully saturated rings. The van der Waals surface area contributed by atoms with Crippen LogP contribution in [0.4, 0.5) is 0 Å². The maximum absolute atomic E-state index is 10.4. The highest BCUT2D eigenvalue weighted by atomic mass is 16.5. The second-order valence-electron chi connectivity index (χ2n) is 6.37. The highest BCUT2D eigenvalue weighted by Gasteiger charge is 2.19. The molecule has 0 saturated heterocycles. The third kappa shape index (κ3) is 2.70. The van der Waals surface area contributed by atoms with Crippen LogP contribution in [0, 0.1) is 0 Å². The first kappa shape index (κ1) is 16.2. The summed E-state index contributed by atoms with van der Waals surface area (Å²) in [5.74, 6) is 0.731. The molecule has 0 aliphatic rings. The van der Waals surface area contributed by atoms with Crippen molar-refractivity contribution in [3.63, 3.8) is 0 Å². The van der Waals surface area contributed by atoms with E-state index in [2.05, 4.69) is 15.1 Å². The fourth-order valence-electron chi connectivity index (χ4n) is 3.34. The van der Waals surface area contributed by atoms with E-state index in [1.807, 2.05) is 72.8 Å². The summed E-state index contributed by atoms with van der Waals surface area (Å²) in [4.78, 5) is 9.02. The molecule has 2 heterocycles. The maximum Gasteiger partial charge on any atom is 0.262 e. The SMILES string of the molecule is Oc1ccc2ccccc2c1-c1nc(-c2ncccc2-c2ccccc2)no1. The molecule has 0 unspecified atom stereocenters. The summed E-state index contributed by atoms with van der Waals surface area (Å²) in [7, 11) is 0. The largest absolute Gasteiger partial charge is 0.507 e. The molecule has 0 aliphatic carbocycles. The van der Waals surface area contributed by atoms with Crippen molar-refractivity contribution in [2.45, 2.75) is 0 Å². The average molecular weight is 365 g/mol. The Balaban J connectivity index is 1.66. The van der Waals surface area contributed by atoms with Crippen LogP contribution in [-0.2, 0) is 0 Å². The minimum atomic E-state index is 0.0956. The number of hydrogen-bond acceptors (Lipinski definition) is 5. The Labute approximate surface area is 160 Å². The van der Waals surface area contributed by atoms with E-state index >= 15 is 0 Å². The molecule has 28 heavy (non-hydrogen) atoms. The average Bonchev–Trinajstić information content (AvgIpc) is 3.24. The Bertz CT molecular complexity index is 1280. The quantitative estimate of drug-likeness (QED) is 0.468. The van der Waals surface area contributed by atoms with Gasteiger partial charge in [-0.05, 0) is 28.5 Å². The van der Waals surface area contributed by atoms with Crippen molar-refractivity contribution >= 4 is 10.8 Å². The maximum atomic E-state index is 10.4. The van der Waals surface area contributed by atoms with Gasteiger partial charge in [0.05, 0.1) is 5.56 Å². The molecule has 2 aromatic heterocycles. The lowest BCUT2D eigenvalue weighted by atomic mass is 10.0. The summed E-state index contributed by atoms with van der Waals surface area (Å²) in [6, 6.07) is 25.0. The van der Waals surface area contributed by atoms with Crippen LogP contribution >= 0.6 is 0 Å². The monoisotopic (exact) mass is 365 g/mol. The van der Waals surface area contributed by atoms with Crippen molar-refractivity contribution in [1.82, 2.24) is 15.1 Å². The molecule has 0 aliphatic heterocycles. The molecule has 134 valence electrons. The van der Waals surface area contributed by atoms with Gasteiger partial charge in [-0.3, -0.25) is 4.98 Å². The van der Waals surface area contributed by atoms with Crippen molar-refractivity contribution in [3.8, 4) is 39.8 Å². The van der Waals surface area contributed by atoms with E-state index in [9.17, 15) is 5.11 Å². The standard InChI is InChI=1S/C23H15N3O2/c27-19-13-12-16-9-4-5-10-17(16)20(19)23-25-22(26-28-23)21-18(11-6-14-24-21)15-7-2-1-3-8-15/h1-14,27H. The van der Waals surface area contributed by atoms with Gasteiger partial charge in [-0.25, -0.2) is 0 Å². The number of benzene rings is 3. The lowest BCUT2D eigenvalue weighted by Crippen LogP contribution is -1.90. The molecule has 5 aromatic rings. The fourth-order valence-corrected chi connectivity index (χ4v) is 3.34. The van der Waals surface area contributed by atoms with Crippen LogP contribution in [0.2, 0.25) is 0 Å². The van der Waals surface area contributed by atoms with E-state index in [1.54, 1.807) is 12.3 Å². The minimum Gasteiger partial charge on any atom is -0.507 e. The Hall–Kier alpha value is -3.99. The van der Waals surface area contributed by atoms with Gasteiger partial charge in [0, 0.05) is 11.8 Å². The Morgan fingerprint density at radius 2 is 1.61 bits per heavy atom. The fraction of sp³-hybridized carbons (Fsp3) is 0. The number of aromatic nitrogens is 3. The van der Waals surface area contributed by atoms with Gasteiger partial charge in [0.2, 0.25) is 5.82 Å². The van der Waals surface area contributed by atoms with E-state index in [0.29, 0.717) is 17.1 Å². The molecule has 0 radical (unpaired) electrons. The van der Waals surface area contributed by atoms with Crippen LogP contribution < -0.4 is 0 Å². The van der Waals surface area contributed by atoms with Crippen LogP contribution in [0.25, 0.3) is 44.9 Å². The number of hydrogen-bond donors (Lipinski definition) is 1. The zero-order valence-electron chi connectivity index (χ0n) is 14.8. The molecule has 1 N–H and O–H groups in total. The summed E-state index contributed by atoms with van der Waals surface area (Å²) in [5.41, 5.74) is 3.08. The van der Waals surface area contributed by atoms with E-state index in [0.717, 1.165) is 21.9 Å². The highest BCUT2D eigenvalue weighted by molar-refractivity contribution is 5.97. The third-order valence-electron chi connectivity index (χ3n) is 4.65. The van der Waals surface area contributed by atoms with E-state index in [-0.39, 0.29) is 11.6 Å². The van der Waals surface area contributed by atoms with Crippen LogP contribution in [0.3, 0.4) is 0 Å². The third-order valence-corrected chi connectivity index (χ3v) is 4.65. The van der Waals surface area contributed by atoms with Gasteiger partial charge < -0.3 is 9.63 Å². The van der Waals surface area contributed by atoms with Gasteiger partial charge >= 0.3 is 0 Å². The summed E-state index contributed by atoms with van der Waals surface area (Å²) in [6.07, 6.45) is 1.70. The molecular formula is C23H15N3O2. The van der Waals surface area contributed by atoms with E-state index < -0.39 is 0 Å². The zero-order valence-corrected chi connectivity index (χ0v) is 14.8. The first-order valence-corrected chi connectivity index (χ1v) is 8.87. The molecular weight excluding hydrogens is 350 g/mol. The van der Waals surface area contributed by atoms with Gasteiger partial charge in [-0.2, -0.15) is 4.98 Å². The van der Waals surface area contributed by atoms with Crippen molar-refractivity contribution < 1.29 is 9.63 Å². The predicted octanol–water partition coefficient (Wildman–Crippen LogP) is 5.32. The number of pyridine rings is 1. The Kier molecular flexibility index (Phi) is 3.84. The second kappa shape index (κ2) is 6.63. The molecule has 0 amide bonds. The lowest BCUT2D eigenvalue weighted by molar-refractivity contribution is 0.426. The van der Waals surface area contributed by atoms with Crippen LogP contribution in [-0.4, -0.2) is 20.2 Å². The van der Waals surface area contributed by atoms with Crippen LogP contribution in [0.15, 0.2) is 89.6 Å². The van der Waals surface area contributed by atoms with Gasteiger partial charge in [0.25, 0.3) is 5.89 Å². The highest BCUT2D eigenvalue weighted by Crippen LogP contribution is 2.37. The van der Waals surface area contributed by atoms with E-state index in [1.165, 1.54) is 0 Å². The first-order chi connectivity index (χ1) is 13.8. The van der Waals surface area contributed by atoms with Gasteiger partial charge in [-0.1, -0.05) is 71.9 Å². The number of nitrogens with zero attached hydrogens (tertiary/aromatic N) is 3. The summed E-state index contributed by atoms with van der Waals surface area (Å²) < 4.78 is 5.52. The number of rotatable bonds is 3. The second-order valence-corrected chi connectivity index (χ2v) is 6.37. The first-order valence-electron chi connectivity index (χ1n) is 8.87. The Morgan fingerprint density at radius 1 is 0.786 bits per heavy atom. The zero-order chi connectivity index (χ0) is 18.9. The van der Waals surface area contributed by atoms with Crippen molar-refractivity contribution in [2.24, 2.45) is 0 Å². The van der Waals surface area contributed by atoms with Gasteiger partial charge in [-0.15, -0.1) is 0 Å². The number of phenolic OH excluding ortho intramolecular Hbond substituents is 1. The smallest absolute Gasteiger partial charge is 0.262 e. The molecule has 0 atom stereocenters. The van der Waals surface area contributed by atoms with Crippen LogP contribution in [0.1, 0.15) is 0 Å². The predicted molar refractivity (Wildman–Crippen MR) is 108 cm³/mol. The molecule has 5 heteroatoms. The van der Waals surface area contributed by atoms with Gasteiger partial charge in [0.15, 0.2) is 0 Å². The molecule has 5 nitrogen and oxygen atoms in total. The van der Waals surface area contributed by atoms with Crippen molar-refractivity contribution in [2.75, 3.05) is 0 Å².